The average Bonchev–Trinajstić information content (AvgIpc) is 2.98. The maximum absolute atomic E-state index is 12.0. The number of fused-ring (bicyclic) bond motifs is 3. The van der Waals surface area contributed by atoms with E-state index in [0.29, 0.717) is 16.5 Å². The van der Waals surface area contributed by atoms with E-state index < -0.39 is 0 Å². The molecule has 8 heteroatoms. The summed E-state index contributed by atoms with van der Waals surface area (Å²) in [6.45, 7) is 2.03. The van der Waals surface area contributed by atoms with Crippen molar-refractivity contribution in [1.82, 2.24) is 25.1 Å². The highest BCUT2D eigenvalue weighted by atomic mass is 32.2. The maximum Gasteiger partial charge on any atom is 0.234 e. The van der Waals surface area contributed by atoms with Crippen molar-refractivity contribution in [3.05, 3.63) is 48.3 Å². The third kappa shape index (κ3) is 3.29. The molecule has 7 nitrogen and oxygen atoms in total. The Kier molecular flexibility index (Phi) is 4.02. The Labute approximate surface area is 147 Å². The Bertz CT molecular complexity index is 1060. The summed E-state index contributed by atoms with van der Waals surface area (Å²) in [6, 6.07) is 9.64. The first-order chi connectivity index (χ1) is 12.2. The second-order valence-electron chi connectivity index (χ2n) is 5.54. The molecule has 0 bridgehead atoms. The van der Waals surface area contributed by atoms with Crippen molar-refractivity contribution in [2.45, 2.75) is 12.1 Å². The van der Waals surface area contributed by atoms with Crippen molar-refractivity contribution in [2.24, 2.45) is 0 Å². The number of amides is 1. The number of rotatable bonds is 4. The van der Waals surface area contributed by atoms with E-state index in [9.17, 15) is 4.79 Å². The van der Waals surface area contributed by atoms with Crippen molar-refractivity contribution >= 4 is 45.4 Å². The van der Waals surface area contributed by atoms with Gasteiger partial charge >= 0.3 is 0 Å². The number of aromatic amines is 1. The molecule has 1 aromatic carbocycles. The van der Waals surface area contributed by atoms with Crippen molar-refractivity contribution in [2.75, 3.05) is 11.1 Å². The highest BCUT2D eigenvalue weighted by Crippen LogP contribution is 2.24. The van der Waals surface area contributed by atoms with Gasteiger partial charge in [0.15, 0.2) is 5.65 Å². The fraction of sp³-hybridized carbons (Fsp3) is 0.118. The number of thioether (sulfide) groups is 1. The van der Waals surface area contributed by atoms with Crippen LogP contribution in [0, 0.1) is 6.92 Å². The van der Waals surface area contributed by atoms with Crippen molar-refractivity contribution in [3.63, 3.8) is 0 Å². The largest absolute Gasteiger partial charge is 0.338 e. The molecule has 0 aliphatic rings. The molecule has 0 saturated heterocycles. The van der Waals surface area contributed by atoms with E-state index >= 15 is 0 Å². The van der Waals surface area contributed by atoms with E-state index in [-0.39, 0.29) is 11.7 Å². The summed E-state index contributed by atoms with van der Waals surface area (Å²) in [5, 5.41) is 12.6. The van der Waals surface area contributed by atoms with E-state index in [0.717, 1.165) is 22.0 Å². The number of carbonyl (C=O) groups excluding carboxylic acids is 1. The fourth-order valence-electron chi connectivity index (χ4n) is 2.50. The van der Waals surface area contributed by atoms with Gasteiger partial charge in [0.2, 0.25) is 11.1 Å². The Morgan fingerprint density at radius 2 is 2.20 bits per heavy atom. The Morgan fingerprint density at radius 1 is 1.28 bits per heavy atom. The molecule has 0 saturated carbocycles. The molecular weight excluding hydrogens is 336 g/mol. The van der Waals surface area contributed by atoms with Crippen LogP contribution in [0.3, 0.4) is 0 Å². The standard InChI is InChI=1S/C17H14N6OS/c1-10-4-5-13-12(7-10)15-16(20-13)21-17(23-22-15)25-9-14(24)19-11-3-2-6-18-8-11/h2-8H,9H2,1H3,(H,19,24)(H,20,21,23). The summed E-state index contributed by atoms with van der Waals surface area (Å²) >= 11 is 1.24. The third-order valence-electron chi connectivity index (χ3n) is 3.63. The lowest BCUT2D eigenvalue weighted by Crippen LogP contribution is -2.14. The van der Waals surface area contributed by atoms with Gasteiger partial charge in [0.05, 0.1) is 17.6 Å². The number of hydrogen-bond acceptors (Lipinski definition) is 6. The smallest absolute Gasteiger partial charge is 0.234 e. The third-order valence-corrected chi connectivity index (χ3v) is 4.47. The zero-order valence-electron chi connectivity index (χ0n) is 13.4. The molecule has 3 aromatic heterocycles. The molecule has 1 amide bonds. The van der Waals surface area contributed by atoms with Crippen LogP contribution in [0.5, 0.6) is 0 Å². The Morgan fingerprint density at radius 3 is 3.04 bits per heavy atom. The van der Waals surface area contributed by atoms with Crippen LogP contribution in [0.4, 0.5) is 5.69 Å². The number of anilines is 1. The summed E-state index contributed by atoms with van der Waals surface area (Å²) in [5.41, 5.74) is 4.20. The number of nitrogens with one attached hydrogen (secondary N) is 2. The number of hydrogen-bond donors (Lipinski definition) is 2. The van der Waals surface area contributed by atoms with Gasteiger partial charge < -0.3 is 10.3 Å². The zero-order chi connectivity index (χ0) is 17.2. The van der Waals surface area contributed by atoms with Gasteiger partial charge in [-0.25, -0.2) is 4.98 Å². The highest BCUT2D eigenvalue weighted by molar-refractivity contribution is 7.99. The van der Waals surface area contributed by atoms with E-state index in [4.69, 9.17) is 0 Å². The number of benzene rings is 1. The van der Waals surface area contributed by atoms with Gasteiger partial charge in [-0.2, -0.15) is 0 Å². The van der Waals surface area contributed by atoms with Crippen molar-refractivity contribution in [1.29, 1.82) is 0 Å². The molecule has 4 aromatic rings. The van der Waals surface area contributed by atoms with E-state index in [1.807, 2.05) is 19.1 Å². The van der Waals surface area contributed by atoms with Gasteiger partial charge in [-0.3, -0.25) is 9.78 Å². The number of H-pyrrole nitrogens is 1. The van der Waals surface area contributed by atoms with Gasteiger partial charge in [-0.05, 0) is 31.2 Å². The summed E-state index contributed by atoms with van der Waals surface area (Å²) in [7, 11) is 0. The minimum absolute atomic E-state index is 0.144. The molecular formula is C17H14N6OS. The number of nitrogens with zero attached hydrogens (tertiary/aromatic N) is 4. The second kappa shape index (κ2) is 6.48. The second-order valence-corrected chi connectivity index (χ2v) is 6.49. The predicted molar refractivity (Wildman–Crippen MR) is 97.5 cm³/mol. The van der Waals surface area contributed by atoms with Gasteiger partial charge in [-0.1, -0.05) is 23.4 Å². The molecule has 124 valence electrons. The van der Waals surface area contributed by atoms with Crippen LogP contribution in [-0.4, -0.2) is 36.8 Å². The van der Waals surface area contributed by atoms with Crippen LogP contribution in [0.25, 0.3) is 22.1 Å². The Hall–Kier alpha value is -3.00. The number of aromatic nitrogens is 5. The fourth-order valence-corrected chi connectivity index (χ4v) is 3.08. The quantitative estimate of drug-likeness (QED) is 0.549. The summed E-state index contributed by atoms with van der Waals surface area (Å²) in [5.74, 6) is 0.0514. The SMILES string of the molecule is Cc1ccc2[nH]c3nc(SCC(=O)Nc4cccnc4)nnc3c2c1. The maximum atomic E-state index is 12.0. The summed E-state index contributed by atoms with van der Waals surface area (Å²) < 4.78 is 0. The van der Waals surface area contributed by atoms with Gasteiger partial charge in [0.1, 0.15) is 5.52 Å². The van der Waals surface area contributed by atoms with Crippen LogP contribution in [-0.2, 0) is 4.79 Å². The first-order valence-electron chi connectivity index (χ1n) is 7.64. The van der Waals surface area contributed by atoms with Gasteiger partial charge in [-0.15, -0.1) is 10.2 Å². The van der Waals surface area contributed by atoms with Gasteiger partial charge in [0, 0.05) is 17.1 Å². The molecule has 2 N–H and O–H groups in total. The predicted octanol–water partition coefficient (Wildman–Crippen LogP) is 2.94. The lowest BCUT2D eigenvalue weighted by molar-refractivity contribution is -0.113. The number of pyridine rings is 1. The normalized spacial score (nSPS) is 11.1. The van der Waals surface area contributed by atoms with E-state index in [2.05, 4.69) is 36.5 Å². The summed E-state index contributed by atoms with van der Waals surface area (Å²) in [6.07, 6.45) is 3.25. The van der Waals surface area contributed by atoms with E-state index in [1.54, 1.807) is 24.5 Å². The first kappa shape index (κ1) is 15.5. The Balaban J connectivity index is 1.50. The van der Waals surface area contributed by atoms with Crippen LogP contribution < -0.4 is 5.32 Å². The number of aryl methyl sites for hydroxylation is 1. The van der Waals surface area contributed by atoms with Gasteiger partial charge in [0.25, 0.3) is 0 Å². The molecule has 25 heavy (non-hydrogen) atoms. The molecule has 3 heterocycles. The molecule has 0 radical (unpaired) electrons. The molecule has 0 aliphatic heterocycles. The molecule has 0 unspecified atom stereocenters. The zero-order valence-corrected chi connectivity index (χ0v) is 14.2. The minimum Gasteiger partial charge on any atom is -0.338 e. The average molecular weight is 350 g/mol. The van der Waals surface area contributed by atoms with Crippen LogP contribution >= 0.6 is 11.8 Å². The molecule has 0 spiro atoms. The topological polar surface area (TPSA) is 96.5 Å². The lowest BCUT2D eigenvalue weighted by atomic mass is 10.2. The van der Waals surface area contributed by atoms with Crippen molar-refractivity contribution in [3.8, 4) is 0 Å². The van der Waals surface area contributed by atoms with Crippen molar-refractivity contribution < 1.29 is 4.79 Å². The molecule has 0 aliphatic carbocycles. The highest BCUT2D eigenvalue weighted by Gasteiger charge is 2.11. The molecule has 0 fully saturated rings. The minimum atomic E-state index is -0.144. The van der Waals surface area contributed by atoms with Crippen LogP contribution in [0.2, 0.25) is 0 Å². The molecule has 0 atom stereocenters. The molecule has 4 rings (SSSR count). The first-order valence-corrected chi connectivity index (χ1v) is 8.63. The monoisotopic (exact) mass is 350 g/mol. The van der Waals surface area contributed by atoms with Crippen LogP contribution in [0.15, 0.2) is 47.9 Å². The van der Waals surface area contributed by atoms with E-state index in [1.165, 1.54) is 11.8 Å². The van der Waals surface area contributed by atoms with Crippen LogP contribution in [0.1, 0.15) is 5.56 Å². The summed E-state index contributed by atoms with van der Waals surface area (Å²) in [4.78, 5) is 23.6. The lowest BCUT2D eigenvalue weighted by Gasteiger charge is -2.03. The number of carbonyl (C=O) groups is 1.